The lowest BCUT2D eigenvalue weighted by Gasteiger charge is -2.19. The van der Waals surface area contributed by atoms with Crippen LogP contribution in [0, 0.1) is 0 Å². The Bertz CT molecular complexity index is 561. The Balaban J connectivity index is 2.23. The van der Waals surface area contributed by atoms with Crippen LogP contribution in [0.15, 0.2) is 36.7 Å². The first-order chi connectivity index (χ1) is 8.99. The number of rotatable bonds is 3. The number of benzene rings is 1. The molecule has 4 nitrogen and oxygen atoms in total. The van der Waals surface area contributed by atoms with Gasteiger partial charge in [-0.05, 0) is 23.1 Å². The van der Waals surface area contributed by atoms with Gasteiger partial charge in [0.15, 0.2) is 0 Å². The summed E-state index contributed by atoms with van der Waals surface area (Å²) >= 11 is 0. The second kappa shape index (κ2) is 5.26. The lowest BCUT2D eigenvalue weighted by molar-refractivity contribution is 0.458. The Morgan fingerprint density at radius 2 is 1.95 bits per heavy atom. The molecule has 0 amide bonds. The van der Waals surface area contributed by atoms with Gasteiger partial charge in [0.2, 0.25) is 5.88 Å². The molecule has 0 aliphatic rings. The first kappa shape index (κ1) is 13.3. The van der Waals surface area contributed by atoms with E-state index in [9.17, 15) is 0 Å². The van der Waals surface area contributed by atoms with Crippen LogP contribution in [0.2, 0.25) is 0 Å². The lowest BCUT2D eigenvalue weighted by atomic mass is 9.87. The predicted octanol–water partition coefficient (Wildman–Crippen LogP) is 3.61. The molecule has 0 saturated heterocycles. The highest BCUT2D eigenvalue weighted by Gasteiger charge is 2.14. The summed E-state index contributed by atoms with van der Waals surface area (Å²) in [7, 11) is 1.80. The number of anilines is 1. The highest BCUT2D eigenvalue weighted by atomic mass is 16.5. The van der Waals surface area contributed by atoms with E-state index in [0.29, 0.717) is 11.7 Å². The minimum Gasteiger partial charge on any atom is -0.437 e. The van der Waals surface area contributed by atoms with Crippen LogP contribution in [0.5, 0.6) is 11.6 Å². The van der Waals surface area contributed by atoms with E-state index in [4.69, 9.17) is 4.74 Å². The minimum absolute atomic E-state index is 0.0951. The van der Waals surface area contributed by atoms with Crippen molar-refractivity contribution in [1.29, 1.82) is 0 Å². The van der Waals surface area contributed by atoms with E-state index < -0.39 is 0 Å². The fourth-order valence-electron chi connectivity index (χ4n) is 1.66. The lowest BCUT2D eigenvalue weighted by Crippen LogP contribution is -2.10. The van der Waals surface area contributed by atoms with Crippen molar-refractivity contribution in [2.75, 3.05) is 12.4 Å². The second-order valence-corrected chi connectivity index (χ2v) is 5.37. The molecule has 1 aromatic heterocycles. The van der Waals surface area contributed by atoms with Gasteiger partial charge in [-0.2, -0.15) is 4.98 Å². The molecule has 0 radical (unpaired) electrons. The molecule has 1 N–H and O–H groups in total. The van der Waals surface area contributed by atoms with Gasteiger partial charge in [0.25, 0.3) is 0 Å². The van der Waals surface area contributed by atoms with Gasteiger partial charge in [0.1, 0.15) is 11.6 Å². The molecule has 1 aromatic carbocycles. The Morgan fingerprint density at radius 3 is 2.63 bits per heavy atom. The zero-order valence-electron chi connectivity index (χ0n) is 11.8. The number of nitrogens with zero attached hydrogens (tertiary/aromatic N) is 2. The van der Waals surface area contributed by atoms with Crippen molar-refractivity contribution in [3.63, 3.8) is 0 Å². The molecule has 0 aliphatic carbocycles. The maximum atomic E-state index is 5.74. The minimum atomic E-state index is 0.0951. The Labute approximate surface area is 113 Å². The summed E-state index contributed by atoms with van der Waals surface area (Å²) in [5.41, 5.74) is 1.32. The van der Waals surface area contributed by atoms with Crippen molar-refractivity contribution < 1.29 is 4.74 Å². The summed E-state index contributed by atoms with van der Waals surface area (Å²) in [6.45, 7) is 6.52. The molecule has 0 unspecified atom stereocenters. The summed E-state index contributed by atoms with van der Waals surface area (Å²) in [6.07, 6.45) is 3.25. The van der Waals surface area contributed by atoms with Gasteiger partial charge in [0, 0.05) is 7.05 Å². The van der Waals surface area contributed by atoms with Gasteiger partial charge in [-0.25, -0.2) is 0 Å². The van der Waals surface area contributed by atoms with Crippen LogP contribution in [-0.4, -0.2) is 17.0 Å². The van der Waals surface area contributed by atoms with E-state index in [2.05, 4.69) is 42.1 Å². The van der Waals surface area contributed by atoms with Crippen LogP contribution in [0.4, 0.5) is 5.82 Å². The molecule has 2 rings (SSSR count). The third kappa shape index (κ3) is 3.44. The van der Waals surface area contributed by atoms with E-state index in [0.717, 1.165) is 5.75 Å². The Hall–Kier alpha value is -2.10. The molecule has 4 heteroatoms. The number of hydrogen-bond donors (Lipinski definition) is 1. The first-order valence-corrected chi connectivity index (χ1v) is 6.27. The summed E-state index contributed by atoms with van der Waals surface area (Å²) in [4.78, 5) is 8.36. The molecule has 0 spiro atoms. The van der Waals surface area contributed by atoms with Crippen molar-refractivity contribution in [3.05, 3.63) is 42.2 Å². The van der Waals surface area contributed by atoms with Crippen LogP contribution in [0.1, 0.15) is 26.3 Å². The van der Waals surface area contributed by atoms with Gasteiger partial charge >= 0.3 is 0 Å². The van der Waals surface area contributed by atoms with Gasteiger partial charge in [-0.1, -0.05) is 32.9 Å². The first-order valence-electron chi connectivity index (χ1n) is 6.27. The Kier molecular flexibility index (Phi) is 3.69. The number of aromatic nitrogens is 2. The number of ether oxygens (including phenoxy) is 1. The van der Waals surface area contributed by atoms with Crippen LogP contribution >= 0.6 is 0 Å². The number of nitrogens with one attached hydrogen (secondary N) is 1. The summed E-state index contributed by atoms with van der Waals surface area (Å²) < 4.78 is 5.74. The molecule has 0 fully saturated rings. The zero-order valence-corrected chi connectivity index (χ0v) is 11.8. The summed E-state index contributed by atoms with van der Waals surface area (Å²) in [5.74, 6) is 1.94. The highest BCUT2D eigenvalue weighted by Crippen LogP contribution is 2.27. The van der Waals surface area contributed by atoms with Crippen LogP contribution in [0.25, 0.3) is 0 Å². The fourth-order valence-corrected chi connectivity index (χ4v) is 1.66. The predicted molar refractivity (Wildman–Crippen MR) is 76.8 cm³/mol. The third-order valence-electron chi connectivity index (χ3n) is 2.79. The topological polar surface area (TPSA) is 47.0 Å². The van der Waals surface area contributed by atoms with Gasteiger partial charge < -0.3 is 10.1 Å². The monoisotopic (exact) mass is 257 g/mol. The summed E-state index contributed by atoms with van der Waals surface area (Å²) in [6, 6.07) is 8.05. The van der Waals surface area contributed by atoms with Crippen molar-refractivity contribution in [3.8, 4) is 11.6 Å². The van der Waals surface area contributed by atoms with Crippen LogP contribution in [-0.2, 0) is 5.41 Å². The number of hydrogen-bond acceptors (Lipinski definition) is 4. The van der Waals surface area contributed by atoms with E-state index in [1.807, 2.05) is 18.2 Å². The molecule has 0 aliphatic heterocycles. The van der Waals surface area contributed by atoms with E-state index >= 15 is 0 Å². The molecule has 0 saturated carbocycles. The SMILES string of the molecule is CNc1cncc(Oc2cccc(C(C)(C)C)c2)n1. The average molecular weight is 257 g/mol. The van der Waals surface area contributed by atoms with E-state index in [1.165, 1.54) is 5.56 Å². The maximum Gasteiger partial charge on any atom is 0.239 e. The summed E-state index contributed by atoms with van der Waals surface area (Å²) in [5, 5.41) is 2.94. The van der Waals surface area contributed by atoms with E-state index in [-0.39, 0.29) is 5.41 Å². The second-order valence-electron chi connectivity index (χ2n) is 5.37. The van der Waals surface area contributed by atoms with Crippen LogP contribution < -0.4 is 10.1 Å². The smallest absolute Gasteiger partial charge is 0.239 e. The third-order valence-corrected chi connectivity index (χ3v) is 2.79. The average Bonchev–Trinajstić information content (AvgIpc) is 2.38. The zero-order chi connectivity index (χ0) is 13.9. The normalized spacial score (nSPS) is 11.2. The maximum absolute atomic E-state index is 5.74. The molecular weight excluding hydrogens is 238 g/mol. The standard InChI is InChI=1S/C15H19N3O/c1-15(2,3)11-6-5-7-12(8-11)19-14-10-17-9-13(16-4)18-14/h5-10H,1-4H3,(H,16,18). The molecule has 0 atom stereocenters. The highest BCUT2D eigenvalue weighted by molar-refractivity contribution is 5.37. The molecule has 100 valence electrons. The van der Waals surface area contributed by atoms with Gasteiger partial charge in [-0.15, -0.1) is 0 Å². The van der Waals surface area contributed by atoms with Crippen molar-refractivity contribution in [2.45, 2.75) is 26.2 Å². The fraction of sp³-hybridized carbons (Fsp3) is 0.333. The van der Waals surface area contributed by atoms with Crippen molar-refractivity contribution in [2.24, 2.45) is 0 Å². The molecular formula is C15H19N3O. The molecule has 1 heterocycles. The van der Waals surface area contributed by atoms with Crippen molar-refractivity contribution in [1.82, 2.24) is 9.97 Å². The largest absolute Gasteiger partial charge is 0.437 e. The van der Waals surface area contributed by atoms with Gasteiger partial charge in [-0.3, -0.25) is 4.98 Å². The van der Waals surface area contributed by atoms with Gasteiger partial charge in [0.05, 0.1) is 12.4 Å². The molecule has 2 aromatic rings. The van der Waals surface area contributed by atoms with E-state index in [1.54, 1.807) is 19.4 Å². The molecule has 0 bridgehead atoms. The molecule has 19 heavy (non-hydrogen) atoms. The Morgan fingerprint density at radius 1 is 1.16 bits per heavy atom. The van der Waals surface area contributed by atoms with Crippen molar-refractivity contribution >= 4 is 5.82 Å². The quantitative estimate of drug-likeness (QED) is 0.912. The van der Waals surface area contributed by atoms with Crippen LogP contribution in [0.3, 0.4) is 0 Å².